The lowest BCUT2D eigenvalue weighted by Crippen LogP contribution is -2.61. The van der Waals surface area contributed by atoms with Crippen LogP contribution in [-0.2, 0) is 59.6 Å². The van der Waals surface area contributed by atoms with E-state index in [1.807, 2.05) is 95.2 Å². The van der Waals surface area contributed by atoms with Crippen LogP contribution in [0.4, 0.5) is 34.1 Å². The highest BCUT2D eigenvalue weighted by Gasteiger charge is 2.48. The Morgan fingerprint density at radius 1 is 0.236 bits per heavy atom. The first-order chi connectivity index (χ1) is 66.1. The van der Waals surface area contributed by atoms with Crippen LogP contribution in [-0.4, -0.2) is 15.8 Å². The van der Waals surface area contributed by atoms with Gasteiger partial charge in [-0.3, -0.25) is 0 Å². The summed E-state index contributed by atoms with van der Waals surface area (Å²) in [5, 5.41) is 1.84. The van der Waals surface area contributed by atoms with Crippen LogP contribution in [0, 0.1) is 0 Å². The third-order valence-electron chi connectivity index (χ3n) is 26.3. The zero-order valence-electron chi connectivity index (χ0n) is 98.6. The van der Waals surface area contributed by atoms with Gasteiger partial charge >= 0.3 is 0 Å². The molecule has 0 spiro atoms. The van der Waals surface area contributed by atoms with Gasteiger partial charge in [-0.25, -0.2) is 0 Å². The van der Waals surface area contributed by atoms with E-state index in [0.717, 1.165) is 88.7 Å². The van der Waals surface area contributed by atoms with Crippen LogP contribution in [0.25, 0.3) is 99.5 Å². The highest BCUT2D eigenvalue weighted by atomic mass is 15.2. The van der Waals surface area contributed by atoms with Crippen molar-refractivity contribution in [2.45, 2.75) is 288 Å². The van der Waals surface area contributed by atoms with Crippen molar-refractivity contribution in [1.29, 1.82) is 0 Å². The lowest BCUT2D eigenvalue weighted by molar-refractivity contribution is 0.569. The molecule has 0 amide bonds. The SMILES string of the molecule is [2H]c1c([2H])c(C(C)(C)C)c([2H])c([2H])c1-c1c([2H])c(C(C)(C)C)c([2H])c(-c2c([2H])c(C(C)(C)C)c([2H])c([2H])c2C(C)(C)C)c1N1c2cc(-n3c4ccc(C(C)(C)C)cc4c4cc(C(C)(C)C)ccc43)ccc2B2c3ccc(-n4c5c([2H])c([2H])c([2H])c([2H])c5c5c([2H])c([2H])c([2H])c([2H])c54)cc3N(c3c(-c4ccccc4C(C)(C)C)cc(C(C)(C)C)cc3-c3ccc(C(C)(C)C)cc3C(C)(C)C)c3cc(C(C)(C)C)cc1c32. The van der Waals surface area contributed by atoms with Crippen molar-refractivity contribution in [3.05, 3.63) is 303 Å². The molecule has 2 aliphatic rings. The maximum atomic E-state index is 11.9. The number of benzene rings is 13. The van der Waals surface area contributed by atoms with Crippen LogP contribution < -0.4 is 26.2 Å². The average Bonchev–Trinajstić information content (AvgIpc) is 0.949. The summed E-state index contributed by atoms with van der Waals surface area (Å²) in [7, 11) is 0. The largest absolute Gasteiger partial charge is 0.310 e. The monoisotopic (exact) mass is 1690 g/mol. The molecule has 0 saturated carbocycles. The molecule has 17 rings (SSSR count). The fourth-order valence-corrected chi connectivity index (χ4v) is 18.9. The summed E-state index contributed by atoms with van der Waals surface area (Å²) < 4.78 is 181. The maximum Gasteiger partial charge on any atom is 0.252 e. The molecule has 0 N–H and O–H groups in total. The number of aromatic nitrogens is 2. The molecule has 0 saturated heterocycles. The van der Waals surface area contributed by atoms with Crippen molar-refractivity contribution in [1.82, 2.24) is 9.13 Å². The van der Waals surface area contributed by atoms with Crippen molar-refractivity contribution in [3.8, 4) is 55.9 Å². The van der Waals surface area contributed by atoms with Gasteiger partial charge in [0, 0.05) is 77.9 Å². The van der Waals surface area contributed by atoms with Crippen molar-refractivity contribution < 1.29 is 23.3 Å². The minimum absolute atomic E-state index is 0.0622. The van der Waals surface area contributed by atoms with Crippen molar-refractivity contribution in [2.75, 3.05) is 9.80 Å². The molecule has 650 valence electrons. The molecule has 0 fully saturated rings. The van der Waals surface area contributed by atoms with E-state index < -0.39 is 110 Å². The number of para-hydroxylation sites is 2. The van der Waals surface area contributed by atoms with Crippen molar-refractivity contribution in [3.63, 3.8) is 0 Å². The standard InChI is InChI=1S/C122H139BN4/c1-112(2,3)75-48-46-74(47-49-75)89-65-80(117(16,17)18)68-95(90-62-76(113(4,5)6)51-57-97(90)121(28,29)30)110(89)126-105-73-84(125-103-60-52-77(114(7,8)9)63-91(103)92-64-78(115(10,11)12)53-61-104(92)125)55-59-99(105)123-100-58-54-83(124-101-44-38-35-41-87(101)88-42-36-39-45-102(88)124)72-106(100)127(108-71-82(119(22,23)24)70-107(126)109(108)123)111-93(85-40-34-37-43-96(85)120(25,26)27)66-81(118(19,20)21)67-94(111)86-56-50-79(116(13,14)15)69-98(86)122(31,32)33/h34-73H,1-33H3/i35D,36D,38D,39D,41D,42D,44D,45D,46D,47D,48D,49D,51D,57D,62D,65D,68D. The Morgan fingerprint density at radius 3 is 1.08 bits per heavy atom. The summed E-state index contributed by atoms with van der Waals surface area (Å²) in [6.07, 6.45) is 0. The van der Waals surface area contributed by atoms with Gasteiger partial charge in [-0.1, -0.05) is 374 Å². The van der Waals surface area contributed by atoms with Gasteiger partial charge in [-0.05, 0) is 256 Å². The number of rotatable bonds is 8. The van der Waals surface area contributed by atoms with Gasteiger partial charge in [0.2, 0.25) is 0 Å². The first-order valence-corrected chi connectivity index (χ1v) is 45.6. The van der Waals surface area contributed by atoms with Crippen LogP contribution in [0.1, 0.15) is 313 Å². The number of fused-ring (bicyclic) bond motifs is 10. The van der Waals surface area contributed by atoms with Gasteiger partial charge in [-0.15, -0.1) is 0 Å². The van der Waals surface area contributed by atoms with Crippen LogP contribution in [0.5, 0.6) is 0 Å². The average molecular weight is 1690 g/mol. The number of hydrogen-bond acceptors (Lipinski definition) is 2. The summed E-state index contributed by atoms with van der Waals surface area (Å²) >= 11 is 0. The molecular weight excluding hydrogens is 1530 g/mol. The summed E-state index contributed by atoms with van der Waals surface area (Å²) in [5.74, 6) is 0. The first-order valence-electron chi connectivity index (χ1n) is 54.1. The molecule has 0 unspecified atom stereocenters. The number of nitrogens with zero attached hydrogens (tertiary/aromatic N) is 4. The Bertz CT molecular complexity index is 7870. The van der Waals surface area contributed by atoms with Crippen LogP contribution in [0.15, 0.2) is 242 Å². The highest BCUT2D eigenvalue weighted by molar-refractivity contribution is 7.00. The first kappa shape index (κ1) is 69.2. The predicted molar refractivity (Wildman–Crippen MR) is 557 cm³/mol. The second-order valence-corrected chi connectivity index (χ2v) is 47.5. The molecule has 15 aromatic rings. The predicted octanol–water partition coefficient (Wildman–Crippen LogP) is 32.9. The molecule has 5 heteroatoms. The second-order valence-electron chi connectivity index (χ2n) is 47.5. The van der Waals surface area contributed by atoms with Gasteiger partial charge in [0.15, 0.2) is 0 Å². The Morgan fingerprint density at radius 2 is 0.622 bits per heavy atom. The van der Waals surface area contributed by atoms with Gasteiger partial charge in [0.1, 0.15) is 0 Å². The smallest absolute Gasteiger partial charge is 0.252 e. The van der Waals surface area contributed by atoms with E-state index in [1.165, 1.54) is 0 Å². The Labute approximate surface area is 786 Å². The fraction of sp³-hybridized carbons (Fsp3) is 0.361. The van der Waals surface area contributed by atoms with Crippen molar-refractivity contribution >= 4 is 101 Å². The van der Waals surface area contributed by atoms with E-state index in [0.29, 0.717) is 50.5 Å². The normalized spacial score (nSPS) is 15.9. The maximum absolute atomic E-state index is 11.9. The fourth-order valence-electron chi connectivity index (χ4n) is 18.9. The third kappa shape index (κ3) is 15.5. The molecule has 2 aromatic heterocycles. The molecule has 13 aromatic carbocycles. The van der Waals surface area contributed by atoms with E-state index in [-0.39, 0.29) is 131 Å². The van der Waals surface area contributed by atoms with Crippen LogP contribution in [0.3, 0.4) is 0 Å². The van der Waals surface area contributed by atoms with Gasteiger partial charge < -0.3 is 18.9 Å². The zero-order chi connectivity index (χ0) is 106. The van der Waals surface area contributed by atoms with Crippen LogP contribution >= 0.6 is 0 Å². The molecule has 0 radical (unpaired) electrons. The van der Waals surface area contributed by atoms with Crippen molar-refractivity contribution in [2.24, 2.45) is 0 Å². The number of anilines is 6. The molecule has 4 nitrogen and oxygen atoms in total. The summed E-state index contributed by atoms with van der Waals surface area (Å²) in [4.78, 5) is 4.50. The van der Waals surface area contributed by atoms with E-state index in [2.05, 4.69) is 287 Å². The number of hydrogen-bond donors (Lipinski definition) is 0. The Kier molecular flexibility index (Phi) is 16.3. The van der Waals surface area contributed by atoms with Crippen LogP contribution in [0.2, 0.25) is 0 Å². The lowest BCUT2D eigenvalue weighted by Gasteiger charge is -2.47. The molecule has 0 bridgehead atoms. The topological polar surface area (TPSA) is 16.3 Å². The molecule has 127 heavy (non-hydrogen) atoms. The van der Waals surface area contributed by atoms with Gasteiger partial charge in [0.25, 0.3) is 6.71 Å². The highest BCUT2D eigenvalue weighted by Crippen LogP contribution is 2.59. The molecule has 2 aliphatic heterocycles. The Balaban J connectivity index is 1.21. The summed E-state index contributed by atoms with van der Waals surface area (Å²) in [5.41, 5.74) is 11.4. The van der Waals surface area contributed by atoms with Gasteiger partial charge in [-0.2, -0.15) is 0 Å². The van der Waals surface area contributed by atoms with E-state index in [9.17, 15) is 23.3 Å². The van der Waals surface area contributed by atoms with E-state index in [4.69, 9.17) is 0 Å². The molecule has 0 atom stereocenters. The molecular formula is C122H139BN4. The third-order valence-corrected chi connectivity index (χ3v) is 26.3. The zero-order valence-corrected chi connectivity index (χ0v) is 81.6. The second kappa shape index (κ2) is 29.9. The molecule has 0 aliphatic carbocycles. The van der Waals surface area contributed by atoms with E-state index >= 15 is 0 Å². The lowest BCUT2D eigenvalue weighted by atomic mass is 9.33. The minimum Gasteiger partial charge on any atom is -0.310 e. The quantitative estimate of drug-likeness (QED) is 0.141. The Hall–Kier alpha value is -10.9. The summed E-state index contributed by atoms with van der Waals surface area (Å²) in [6, 6.07) is 43.9. The summed E-state index contributed by atoms with van der Waals surface area (Å²) in [6.45, 7) is 68.7. The van der Waals surface area contributed by atoms with Gasteiger partial charge in [0.05, 0.1) is 56.7 Å². The van der Waals surface area contributed by atoms with E-state index in [1.54, 1.807) is 4.57 Å². The minimum atomic E-state index is -1.15. The molecule has 4 heterocycles.